The van der Waals surface area contributed by atoms with Gasteiger partial charge in [0, 0.05) is 43.5 Å². The van der Waals surface area contributed by atoms with Crippen LogP contribution in [0.4, 0.5) is 0 Å². The van der Waals surface area contributed by atoms with Gasteiger partial charge in [0.2, 0.25) is 5.91 Å². The quantitative estimate of drug-likeness (QED) is 0.869. The smallest absolute Gasteiger partial charge is 0.356 e. The third kappa shape index (κ3) is 3.05. The minimum Gasteiger partial charge on any atom is -0.476 e. The lowest BCUT2D eigenvalue weighted by atomic mass is 9.90. The number of aryl methyl sites for hydroxylation is 1. The van der Waals surface area contributed by atoms with Crippen molar-refractivity contribution in [3.05, 3.63) is 17.0 Å². The van der Waals surface area contributed by atoms with Crippen LogP contribution in [0.2, 0.25) is 0 Å². The molecule has 1 aliphatic carbocycles. The van der Waals surface area contributed by atoms with Crippen molar-refractivity contribution in [3.8, 4) is 0 Å². The third-order valence-corrected chi connectivity index (χ3v) is 5.20. The summed E-state index contributed by atoms with van der Waals surface area (Å²) in [6.45, 7) is 7.66. The Kier molecular flexibility index (Phi) is 4.89. The van der Waals surface area contributed by atoms with Crippen LogP contribution in [-0.4, -0.2) is 68.8 Å². The van der Waals surface area contributed by atoms with Crippen LogP contribution in [0, 0.1) is 0 Å². The van der Waals surface area contributed by atoms with Gasteiger partial charge in [-0.3, -0.25) is 14.4 Å². The summed E-state index contributed by atoms with van der Waals surface area (Å²) in [5.74, 6) is -0.775. The Bertz CT molecular complexity index is 640. The first-order valence-electron chi connectivity index (χ1n) is 8.88. The van der Waals surface area contributed by atoms with E-state index in [0.29, 0.717) is 13.0 Å². The minimum atomic E-state index is -0.950. The Morgan fingerprint density at radius 3 is 2.75 bits per heavy atom. The zero-order valence-corrected chi connectivity index (χ0v) is 14.5. The average molecular weight is 334 g/mol. The molecule has 2 aliphatic rings. The molecule has 0 bridgehead atoms. The number of rotatable bonds is 5. The Labute approximate surface area is 142 Å². The summed E-state index contributed by atoms with van der Waals surface area (Å²) < 4.78 is 1.87. The van der Waals surface area contributed by atoms with Crippen molar-refractivity contribution in [3.63, 3.8) is 0 Å². The highest BCUT2D eigenvalue weighted by molar-refractivity contribution is 5.87. The topological polar surface area (TPSA) is 78.7 Å². The van der Waals surface area contributed by atoms with Gasteiger partial charge < -0.3 is 10.0 Å². The molecule has 1 aliphatic heterocycles. The SMILES string of the molecule is CCCn1nc(C(=O)O)c2c1CCC(N1CCN(CC)C(=O)C1)C2. The molecule has 1 fully saturated rings. The van der Waals surface area contributed by atoms with E-state index in [1.165, 1.54) is 0 Å². The van der Waals surface area contributed by atoms with Crippen molar-refractivity contribution >= 4 is 11.9 Å². The molecule has 0 aromatic carbocycles. The highest BCUT2D eigenvalue weighted by atomic mass is 16.4. The second-order valence-corrected chi connectivity index (χ2v) is 6.64. The lowest BCUT2D eigenvalue weighted by molar-refractivity contribution is -0.136. The first kappa shape index (κ1) is 17.0. The second kappa shape index (κ2) is 6.93. The molecule has 1 amide bonds. The molecule has 1 atom stereocenters. The molecule has 0 saturated carbocycles. The van der Waals surface area contributed by atoms with E-state index in [2.05, 4.69) is 16.9 Å². The number of hydrogen-bond donors (Lipinski definition) is 1. The summed E-state index contributed by atoms with van der Waals surface area (Å²) in [5.41, 5.74) is 2.14. The molecular formula is C17H26N4O3. The van der Waals surface area contributed by atoms with Gasteiger partial charge in [-0.25, -0.2) is 4.79 Å². The van der Waals surface area contributed by atoms with Crippen LogP contribution in [0.5, 0.6) is 0 Å². The van der Waals surface area contributed by atoms with Crippen LogP contribution in [0.1, 0.15) is 48.4 Å². The Hall–Kier alpha value is -1.89. The highest BCUT2D eigenvalue weighted by Gasteiger charge is 2.34. The lowest BCUT2D eigenvalue weighted by Crippen LogP contribution is -2.54. The zero-order valence-electron chi connectivity index (χ0n) is 14.5. The van der Waals surface area contributed by atoms with Crippen molar-refractivity contribution in [2.75, 3.05) is 26.2 Å². The van der Waals surface area contributed by atoms with Gasteiger partial charge >= 0.3 is 5.97 Å². The van der Waals surface area contributed by atoms with E-state index in [0.717, 1.165) is 56.7 Å². The fraction of sp³-hybridized carbons (Fsp3) is 0.706. The van der Waals surface area contributed by atoms with Gasteiger partial charge in [0.1, 0.15) is 0 Å². The normalized spacial score (nSPS) is 21.8. The van der Waals surface area contributed by atoms with Crippen LogP contribution in [0.15, 0.2) is 0 Å². The molecule has 1 aromatic heterocycles. The van der Waals surface area contributed by atoms with Crippen LogP contribution in [-0.2, 0) is 24.2 Å². The number of carboxylic acids is 1. The summed E-state index contributed by atoms with van der Waals surface area (Å²) in [4.78, 5) is 27.8. The standard InChI is InChI=1S/C17H26N4O3/c1-3-7-21-14-6-5-12(10-13(14)16(18-21)17(23)24)20-9-8-19(4-2)15(22)11-20/h12H,3-11H2,1-2H3,(H,23,24). The zero-order chi connectivity index (χ0) is 17.3. The molecule has 1 N–H and O–H groups in total. The van der Waals surface area contributed by atoms with Gasteiger partial charge in [0.25, 0.3) is 0 Å². The van der Waals surface area contributed by atoms with Crippen molar-refractivity contribution in [1.82, 2.24) is 19.6 Å². The molecule has 1 aromatic rings. The van der Waals surface area contributed by atoms with Crippen molar-refractivity contribution in [2.24, 2.45) is 0 Å². The lowest BCUT2D eigenvalue weighted by Gasteiger charge is -2.40. The minimum absolute atomic E-state index is 0.176. The van der Waals surface area contributed by atoms with Gasteiger partial charge in [0.05, 0.1) is 6.54 Å². The molecule has 7 nitrogen and oxygen atoms in total. The second-order valence-electron chi connectivity index (χ2n) is 6.64. The van der Waals surface area contributed by atoms with E-state index in [4.69, 9.17) is 0 Å². The number of hydrogen-bond acceptors (Lipinski definition) is 4. The maximum Gasteiger partial charge on any atom is 0.356 e. The van der Waals surface area contributed by atoms with Crippen LogP contribution in [0.25, 0.3) is 0 Å². The largest absolute Gasteiger partial charge is 0.476 e. The number of nitrogens with zero attached hydrogens (tertiary/aromatic N) is 4. The number of carbonyl (C=O) groups excluding carboxylic acids is 1. The van der Waals surface area contributed by atoms with Crippen molar-refractivity contribution < 1.29 is 14.7 Å². The Balaban J connectivity index is 1.79. The van der Waals surface area contributed by atoms with Crippen LogP contribution in [0.3, 0.4) is 0 Å². The highest BCUT2D eigenvalue weighted by Crippen LogP contribution is 2.28. The van der Waals surface area contributed by atoms with Crippen LogP contribution < -0.4 is 0 Å². The van der Waals surface area contributed by atoms with Gasteiger partial charge in [0.15, 0.2) is 5.69 Å². The van der Waals surface area contributed by atoms with Crippen LogP contribution >= 0.6 is 0 Å². The number of aromatic nitrogens is 2. The molecule has 7 heteroatoms. The maximum absolute atomic E-state index is 12.2. The van der Waals surface area contributed by atoms with Gasteiger partial charge in [-0.15, -0.1) is 0 Å². The Morgan fingerprint density at radius 2 is 2.12 bits per heavy atom. The van der Waals surface area contributed by atoms with Gasteiger partial charge in [-0.2, -0.15) is 5.10 Å². The summed E-state index contributed by atoms with van der Waals surface area (Å²) in [6, 6.07) is 0.234. The summed E-state index contributed by atoms with van der Waals surface area (Å²) >= 11 is 0. The summed E-state index contributed by atoms with van der Waals surface area (Å²) in [6.07, 6.45) is 3.41. The Morgan fingerprint density at radius 1 is 1.33 bits per heavy atom. The van der Waals surface area contributed by atoms with E-state index in [1.54, 1.807) is 0 Å². The number of carboxylic acid groups (broad SMARTS) is 1. The van der Waals surface area contributed by atoms with Gasteiger partial charge in [-0.1, -0.05) is 6.92 Å². The molecule has 1 saturated heterocycles. The average Bonchev–Trinajstić information content (AvgIpc) is 2.93. The molecule has 1 unspecified atom stereocenters. The van der Waals surface area contributed by atoms with E-state index in [9.17, 15) is 14.7 Å². The van der Waals surface area contributed by atoms with E-state index in [1.807, 2.05) is 16.5 Å². The first-order valence-corrected chi connectivity index (χ1v) is 8.88. The van der Waals surface area contributed by atoms with E-state index >= 15 is 0 Å². The predicted molar refractivity (Wildman–Crippen MR) is 89.1 cm³/mol. The molecule has 3 rings (SSSR count). The summed E-state index contributed by atoms with van der Waals surface area (Å²) in [7, 11) is 0. The fourth-order valence-electron chi connectivity index (χ4n) is 3.92. The number of likely N-dealkylation sites (N-methyl/N-ethyl adjacent to an activating group) is 1. The van der Waals surface area contributed by atoms with Crippen molar-refractivity contribution in [2.45, 2.75) is 52.1 Å². The third-order valence-electron chi connectivity index (χ3n) is 5.20. The predicted octanol–water partition coefficient (Wildman–Crippen LogP) is 1.01. The monoisotopic (exact) mass is 334 g/mol. The summed E-state index contributed by atoms with van der Waals surface area (Å²) in [5, 5.41) is 13.8. The van der Waals surface area contributed by atoms with Gasteiger partial charge in [-0.05, 0) is 32.6 Å². The molecule has 24 heavy (non-hydrogen) atoms. The molecule has 132 valence electrons. The molecule has 2 heterocycles. The number of piperazine rings is 1. The number of fused-ring (bicyclic) bond motifs is 1. The first-order chi connectivity index (χ1) is 11.5. The molecular weight excluding hydrogens is 308 g/mol. The number of amides is 1. The number of aromatic carboxylic acids is 1. The van der Waals surface area contributed by atoms with E-state index < -0.39 is 5.97 Å². The number of carbonyl (C=O) groups is 2. The maximum atomic E-state index is 12.2. The molecule has 0 radical (unpaired) electrons. The van der Waals surface area contributed by atoms with E-state index in [-0.39, 0.29) is 17.6 Å². The fourth-order valence-corrected chi connectivity index (χ4v) is 3.92. The molecule has 0 spiro atoms. The van der Waals surface area contributed by atoms with Crippen molar-refractivity contribution in [1.29, 1.82) is 0 Å².